The summed E-state index contributed by atoms with van der Waals surface area (Å²) < 4.78 is 17.6. The quantitative estimate of drug-likeness (QED) is 0.195. The number of benzene rings is 4. The first-order valence-corrected chi connectivity index (χ1v) is 16.8. The van der Waals surface area contributed by atoms with Crippen LogP contribution in [0.1, 0.15) is 12.5 Å². The van der Waals surface area contributed by atoms with Gasteiger partial charge in [0.1, 0.15) is 8.07 Å². The first kappa shape index (κ1) is 25.1. The van der Waals surface area contributed by atoms with Crippen LogP contribution in [-0.4, -0.2) is 19.3 Å². The molecule has 0 fully saturated rings. The van der Waals surface area contributed by atoms with Crippen LogP contribution in [0, 0.1) is 0 Å². The van der Waals surface area contributed by atoms with Gasteiger partial charge in [-0.1, -0.05) is 127 Å². The molecule has 0 aromatic heterocycles. The number of rotatable bonds is 9. The lowest BCUT2D eigenvalue weighted by atomic mass is 10.2. The van der Waals surface area contributed by atoms with Crippen LogP contribution in [0.5, 0.6) is 0 Å². The van der Waals surface area contributed by atoms with Gasteiger partial charge in [0.25, 0.3) is 0 Å². The van der Waals surface area contributed by atoms with Gasteiger partial charge in [0.05, 0.1) is 0 Å². The summed E-state index contributed by atoms with van der Waals surface area (Å²) >= 11 is 0. The Hall–Kier alpha value is -2.97. The first-order chi connectivity index (χ1) is 17.0. The van der Waals surface area contributed by atoms with E-state index < -0.39 is 15.4 Å². The van der Waals surface area contributed by atoms with Crippen molar-refractivity contribution in [1.82, 2.24) is 4.67 Å². The highest BCUT2D eigenvalue weighted by molar-refractivity contribution is 7.76. The van der Waals surface area contributed by atoms with Gasteiger partial charge in [-0.25, -0.2) is 4.67 Å². The average molecular weight is 496 g/mol. The molecule has 0 aliphatic carbocycles. The maximum absolute atomic E-state index is 15.3. The molecule has 0 unspecified atom stereocenters. The topological polar surface area (TPSA) is 20.3 Å². The molecular weight excluding hydrogens is 461 g/mol. The zero-order valence-corrected chi connectivity index (χ0v) is 22.7. The third kappa shape index (κ3) is 5.49. The van der Waals surface area contributed by atoms with E-state index in [2.05, 4.69) is 85.4 Å². The molecule has 178 valence electrons. The van der Waals surface area contributed by atoms with Crippen LogP contribution in [-0.2, 0) is 11.1 Å². The lowest BCUT2D eigenvalue weighted by Crippen LogP contribution is -2.47. The molecule has 2 nitrogen and oxygen atoms in total. The van der Waals surface area contributed by atoms with Crippen LogP contribution in [0.15, 0.2) is 133 Å². The Balaban J connectivity index is 1.85. The maximum atomic E-state index is 15.3. The van der Waals surface area contributed by atoms with E-state index in [-0.39, 0.29) is 0 Å². The summed E-state index contributed by atoms with van der Waals surface area (Å²) in [5.74, 6) is 0. The van der Waals surface area contributed by atoms with E-state index in [0.29, 0.717) is 13.1 Å². The number of nitrogens with zero attached hydrogens (tertiary/aromatic N) is 1. The number of hydrogen-bond donors (Lipinski definition) is 0. The molecular formula is C31H34NOPSi. The van der Waals surface area contributed by atoms with Crippen LogP contribution in [0.4, 0.5) is 0 Å². The largest absolute Gasteiger partial charge is 0.296 e. The van der Waals surface area contributed by atoms with Crippen LogP contribution in [0.3, 0.4) is 0 Å². The Labute approximate surface area is 211 Å². The van der Waals surface area contributed by atoms with Gasteiger partial charge in [-0.3, -0.25) is 4.57 Å². The summed E-state index contributed by atoms with van der Waals surface area (Å²) in [5.41, 5.74) is 1.16. The Morgan fingerprint density at radius 2 is 1.14 bits per heavy atom. The second-order valence-electron chi connectivity index (χ2n) is 9.36. The van der Waals surface area contributed by atoms with E-state index in [1.165, 1.54) is 10.4 Å². The van der Waals surface area contributed by atoms with E-state index in [1.54, 1.807) is 0 Å². The molecule has 0 aliphatic rings. The third-order valence-electron chi connectivity index (χ3n) is 6.82. The van der Waals surface area contributed by atoms with Crippen molar-refractivity contribution in [2.75, 3.05) is 6.54 Å². The standard InChI is InChI=1S/C31H34NOPSi/c1-4-30(35(2,3)31-23-15-8-16-24-31)26-32(25-27-17-9-5-10-18-27)34(33,28-19-11-6-12-20-28)29-21-13-7-14-22-29/h4-24H,25-26H2,1-3H3/b30-4-. The Morgan fingerprint density at radius 3 is 1.60 bits per heavy atom. The van der Waals surface area contributed by atoms with Crippen molar-refractivity contribution in [2.45, 2.75) is 26.6 Å². The zero-order chi connectivity index (χ0) is 24.7. The van der Waals surface area contributed by atoms with Gasteiger partial charge in [0.15, 0.2) is 0 Å². The molecule has 0 bridgehead atoms. The maximum Gasteiger partial charge on any atom is 0.207 e. The summed E-state index contributed by atoms with van der Waals surface area (Å²) in [7, 11) is -5.08. The number of hydrogen-bond acceptors (Lipinski definition) is 1. The van der Waals surface area contributed by atoms with E-state index >= 15 is 4.57 Å². The summed E-state index contributed by atoms with van der Waals surface area (Å²) in [5, 5.41) is 4.52. The van der Waals surface area contributed by atoms with Gasteiger partial charge in [0, 0.05) is 23.7 Å². The van der Waals surface area contributed by atoms with Crippen LogP contribution < -0.4 is 15.8 Å². The fourth-order valence-electron chi connectivity index (χ4n) is 4.67. The van der Waals surface area contributed by atoms with Crippen LogP contribution in [0.25, 0.3) is 0 Å². The SMILES string of the molecule is C/C=C(/CN(Cc1ccccc1)P(=O)(c1ccccc1)c1ccccc1)[Si](C)(C)c1ccccc1. The van der Waals surface area contributed by atoms with E-state index in [1.807, 2.05) is 66.7 Å². The number of allylic oxidation sites excluding steroid dienone is 1. The summed E-state index contributed by atoms with van der Waals surface area (Å²) in [6, 6.07) is 41.2. The van der Waals surface area contributed by atoms with Crippen molar-refractivity contribution < 1.29 is 4.57 Å². The van der Waals surface area contributed by atoms with Gasteiger partial charge in [0.2, 0.25) is 7.29 Å². The van der Waals surface area contributed by atoms with Crippen LogP contribution in [0.2, 0.25) is 13.1 Å². The van der Waals surface area contributed by atoms with Crippen molar-refractivity contribution in [2.24, 2.45) is 0 Å². The predicted octanol–water partition coefficient (Wildman–Crippen LogP) is 6.52. The minimum atomic E-state index is -3.11. The molecule has 0 heterocycles. The van der Waals surface area contributed by atoms with Crippen molar-refractivity contribution in [3.05, 3.63) is 138 Å². The smallest absolute Gasteiger partial charge is 0.207 e. The van der Waals surface area contributed by atoms with Crippen molar-refractivity contribution in [1.29, 1.82) is 0 Å². The van der Waals surface area contributed by atoms with E-state index in [9.17, 15) is 0 Å². The van der Waals surface area contributed by atoms with Crippen molar-refractivity contribution in [3.8, 4) is 0 Å². The molecule has 0 N–H and O–H groups in total. The zero-order valence-electron chi connectivity index (χ0n) is 20.8. The van der Waals surface area contributed by atoms with Gasteiger partial charge in [-0.05, 0) is 36.8 Å². The normalized spacial score (nSPS) is 12.6. The van der Waals surface area contributed by atoms with Gasteiger partial charge < -0.3 is 0 Å². The van der Waals surface area contributed by atoms with E-state index in [4.69, 9.17) is 0 Å². The molecule has 4 rings (SSSR count). The summed E-state index contributed by atoms with van der Waals surface area (Å²) in [4.78, 5) is 0. The Morgan fingerprint density at radius 1 is 0.714 bits per heavy atom. The highest BCUT2D eigenvalue weighted by Gasteiger charge is 2.38. The predicted molar refractivity (Wildman–Crippen MR) is 154 cm³/mol. The fraction of sp³-hybridized carbons (Fsp3) is 0.161. The van der Waals surface area contributed by atoms with Crippen molar-refractivity contribution in [3.63, 3.8) is 0 Å². The molecule has 0 aliphatic heterocycles. The summed E-state index contributed by atoms with van der Waals surface area (Å²) in [6.07, 6.45) is 2.26. The molecule has 35 heavy (non-hydrogen) atoms. The lowest BCUT2D eigenvalue weighted by Gasteiger charge is -2.37. The third-order valence-corrected chi connectivity index (χ3v) is 13.7. The van der Waals surface area contributed by atoms with Crippen LogP contribution >= 0.6 is 7.29 Å². The monoisotopic (exact) mass is 495 g/mol. The van der Waals surface area contributed by atoms with Gasteiger partial charge >= 0.3 is 0 Å². The molecule has 0 radical (unpaired) electrons. The minimum Gasteiger partial charge on any atom is -0.296 e. The molecule has 0 spiro atoms. The molecule has 0 amide bonds. The van der Waals surface area contributed by atoms with Gasteiger partial charge in [-0.2, -0.15) is 0 Å². The van der Waals surface area contributed by atoms with Crippen molar-refractivity contribution >= 4 is 31.2 Å². The Bertz CT molecular complexity index is 1250. The molecule has 4 heteroatoms. The molecule has 0 atom stereocenters. The summed E-state index contributed by atoms with van der Waals surface area (Å²) in [6.45, 7) is 8.19. The minimum absolute atomic E-state index is 0.610. The highest BCUT2D eigenvalue weighted by atomic mass is 31.2. The second kappa shape index (κ2) is 11.2. The lowest BCUT2D eigenvalue weighted by molar-refractivity contribution is 0.447. The molecule has 4 aromatic carbocycles. The van der Waals surface area contributed by atoms with Gasteiger partial charge in [-0.15, -0.1) is 0 Å². The highest BCUT2D eigenvalue weighted by Crippen LogP contribution is 2.49. The molecule has 0 saturated carbocycles. The fourth-order valence-corrected chi connectivity index (χ4v) is 10.3. The second-order valence-corrected chi connectivity index (χ2v) is 16.6. The molecule has 4 aromatic rings. The van der Waals surface area contributed by atoms with E-state index in [0.717, 1.165) is 16.2 Å². The average Bonchev–Trinajstić information content (AvgIpc) is 2.92. The Kier molecular flexibility index (Phi) is 8.03. The molecule has 0 saturated heterocycles. The first-order valence-electron chi connectivity index (χ1n) is 12.2.